The molecular formula is C27H24ClF2N5O. The molecule has 36 heavy (non-hydrogen) atoms. The first kappa shape index (κ1) is 24.2. The van der Waals surface area contributed by atoms with Gasteiger partial charge in [-0.2, -0.15) is 0 Å². The van der Waals surface area contributed by atoms with Crippen molar-refractivity contribution in [2.75, 3.05) is 13.1 Å². The zero-order valence-electron chi connectivity index (χ0n) is 20.1. The molecule has 184 valence electrons. The molecule has 0 bridgehead atoms. The van der Waals surface area contributed by atoms with Gasteiger partial charge in [-0.3, -0.25) is 4.79 Å². The highest BCUT2D eigenvalue weighted by atomic mass is 35.5. The van der Waals surface area contributed by atoms with Crippen LogP contribution in [0, 0.1) is 25.5 Å². The number of carbonyl (C=O) groups excluding carboxylic acids is 1. The van der Waals surface area contributed by atoms with Crippen molar-refractivity contribution < 1.29 is 13.6 Å². The van der Waals surface area contributed by atoms with Crippen molar-refractivity contribution in [3.8, 4) is 22.6 Å². The predicted molar refractivity (Wildman–Crippen MR) is 135 cm³/mol. The topological polar surface area (TPSA) is 71.9 Å². The first-order chi connectivity index (χ1) is 17.2. The molecule has 0 aliphatic carbocycles. The number of hydrogen-bond donors (Lipinski definition) is 0. The van der Waals surface area contributed by atoms with Crippen molar-refractivity contribution in [3.05, 3.63) is 70.0 Å². The third-order valence-corrected chi connectivity index (χ3v) is 6.95. The van der Waals surface area contributed by atoms with E-state index in [1.54, 1.807) is 24.0 Å². The first-order valence-electron chi connectivity index (χ1n) is 11.7. The summed E-state index contributed by atoms with van der Waals surface area (Å²) in [5, 5.41) is 0.263. The Morgan fingerprint density at radius 2 is 1.69 bits per heavy atom. The van der Waals surface area contributed by atoms with E-state index in [9.17, 15) is 13.6 Å². The second-order valence-electron chi connectivity index (χ2n) is 9.14. The molecule has 0 radical (unpaired) electrons. The molecule has 1 amide bonds. The number of aryl methyl sites for hydroxylation is 2. The van der Waals surface area contributed by atoms with Crippen LogP contribution in [0.25, 0.3) is 33.8 Å². The number of aromatic nitrogens is 4. The van der Waals surface area contributed by atoms with Crippen LogP contribution in [0.15, 0.2) is 36.4 Å². The standard InChI is InChI=1S/C27H24ClF2N5O/c1-14-15(2)32-27-25(31-14)24(22-5-4-20(28)13-23(22)30)33-26(34-27)19-10-18(11-21(29)12-19)17-6-8-35(9-7-17)16(3)36/h4-5,10-13,17H,6-9H2,1-3H3. The van der Waals surface area contributed by atoms with Gasteiger partial charge in [0, 0.05) is 36.2 Å². The monoisotopic (exact) mass is 507 g/mol. The first-order valence-corrected chi connectivity index (χ1v) is 12.1. The summed E-state index contributed by atoms with van der Waals surface area (Å²) < 4.78 is 29.8. The normalized spacial score (nSPS) is 14.4. The van der Waals surface area contributed by atoms with Gasteiger partial charge in [0.2, 0.25) is 5.91 Å². The van der Waals surface area contributed by atoms with Crippen molar-refractivity contribution in [2.45, 2.75) is 39.5 Å². The van der Waals surface area contributed by atoms with Crippen LogP contribution in [0.3, 0.4) is 0 Å². The molecule has 1 aliphatic rings. The van der Waals surface area contributed by atoms with E-state index < -0.39 is 11.6 Å². The fraction of sp³-hybridized carbons (Fsp3) is 0.296. The molecule has 1 saturated heterocycles. The molecule has 1 aliphatic heterocycles. The number of piperidine rings is 1. The van der Waals surface area contributed by atoms with Gasteiger partial charge in [0.15, 0.2) is 11.5 Å². The average Bonchev–Trinajstić information content (AvgIpc) is 2.84. The Morgan fingerprint density at radius 1 is 0.972 bits per heavy atom. The van der Waals surface area contributed by atoms with Crippen molar-refractivity contribution in [3.63, 3.8) is 0 Å². The van der Waals surface area contributed by atoms with E-state index in [1.807, 2.05) is 19.9 Å². The smallest absolute Gasteiger partial charge is 0.219 e. The molecule has 0 spiro atoms. The fourth-order valence-corrected chi connectivity index (χ4v) is 4.77. The SMILES string of the molecule is CC(=O)N1CCC(c2cc(F)cc(-c3nc(-c4ccc(Cl)cc4F)c4nc(C)c(C)nc4n3)c2)CC1. The molecule has 5 rings (SSSR count). The van der Waals surface area contributed by atoms with Crippen LogP contribution in [0.1, 0.15) is 42.6 Å². The lowest BCUT2D eigenvalue weighted by Crippen LogP contribution is -2.36. The predicted octanol–water partition coefficient (Wildman–Crippen LogP) is 6.03. The number of benzene rings is 2. The summed E-state index contributed by atoms with van der Waals surface area (Å²) >= 11 is 5.97. The molecule has 3 heterocycles. The van der Waals surface area contributed by atoms with Gasteiger partial charge < -0.3 is 4.90 Å². The van der Waals surface area contributed by atoms with Crippen molar-refractivity contribution in [2.24, 2.45) is 0 Å². The summed E-state index contributed by atoms with van der Waals surface area (Å²) in [5.74, 6) is -0.581. The maximum absolute atomic E-state index is 15.0. The third-order valence-electron chi connectivity index (χ3n) is 6.72. The number of hydrogen-bond acceptors (Lipinski definition) is 5. The lowest BCUT2D eigenvalue weighted by Gasteiger charge is -2.31. The minimum Gasteiger partial charge on any atom is -0.343 e. The summed E-state index contributed by atoms with van der Waals surface area (Å²) in [4.78, 5) is 31.9. The van der Waals surface area contributed by atoms with Gasteiger partial charge in [-0.25, -0.2) is 28.7 Å². The Kier molecular flexibility index (Phi) is 6.38. The molecule has 4 aromatic rings. The van der Waals surface area contributed by atoms with Gasteiger partial charge in [-0.1, -0.05) is 11.6 Å². The zero-order valence-corrected chi connectivity index (χ0v) is 20.9. The average molecular weight is 508 g/mol. The highest BCUT2D eigenvalue weighted by Gasteiger charge is 2.24. The van der Waals surface area contributed by atoms with E-state index in [2.05, 4.69) is 19.9 Å². The van der Waals surface area contributed by atoms with Crippen LogP contribution in [0.5, 0.6) is 0 Å². The Morgan fingerprint density at radius 3 is 2.39 bits per heavy atom. The summed E-state index contributed by atoms with van der Waals surface area (Å²) in [6, 6.07) is 9.09. The highest BCUT2D eigenvalue weighted by molar-refractivity contribution is 6.30. The molecule has 0 atom stereocenters. The van der Waals surface area contributed by atoms with E-state index in [4.69, 9.17) is 11.6 Å². The number of nitrogens with zero attached hydrogens (tertiary/aromatic N) is 5. The van der Waals surface area contributed by atoms with Gasteiger partial charge in [0.05, 0.1) is 11.4 Å². The largest absolute Gasteiger partial charge is 0.343 e. The molecule has 1 fully saturated rings. The minimum absolute atomic E-state index is 0.0477. The van der Waals surface area contributed by atoms with E-state index in [0.29, 0.717) is 41.2 Å². The zero-order chi connectivity index (χ0) is 25.6. The lowest BCUT2D eigenvalue weighted by molar-refractivity contribution is -0.129. The Labute approximate surface area is 212 Å². The van der Waals surface area contributed by atoms with Gasteiger partial charge in [-0.05, 0) is 74.6 Å². The molecule has 0 unspecified atom stereocenters. The Balaban J connectivity index is 1.64. The Bertz CT molecular complexity index is 1500. The maximum Gasteiger partial charge on any atom is 0.219 e. The molecule has 2 aromatic carbocycles. The number of likely N-dealkylation sites (tertiary alicyclic amines) is 1. The molecule has 0 saturated carbocycles. The van der Waals surface area contributed by atoms with Crippen LogP contribution in [-0.2, 0) is 4.79 Å². The van der Waals surface area contributed by atoms with Crippen LogP contribution in [0.4, 0.5) is 8.78 Å². The van der Waals surface area contributed by atoms with E-state index in [1.165, 1.54) is 18.2 Å². The van der Waals surface area contributed by atoms with E-state index in [0.717, 1.165) is 18.4 Å². The second-order valence-corrected chi connectivity index (χ2v) is 9.58. The van der Waals surface area contributed by atoms with E-state index >= 15 is 0 Å². The number of amides is 1. The number of rotatable bonds is 3. The van der Waals surface area contributed by atoms with Crippen molar-refractivity contribution in [1.82, 2.24) is 24.8 Å². The quantitative estimate of drug-likeness (QED) is 0.338. The van der Waals surface area contributed by atoms with Crippen LogP contribution in [-0.4, -0.2) is 43.8 Å². The number of halogens is 3. The molecular weight excluding hydrogens is 484 g/mol. The van der Waals surface area contributed by atoms with Gasteiger partial charge in [-0.15, -0.1) is 0 Å². The summed E-state index contributed by atoms with van der Waals surface area (Å²) in [6.45, 7) is 6.46. The third kappa shape index (κ3) is 4.65. The Hall–Kier alpha value is -3.52. The summed E-state index contributed by atoms with van der Waals surface area (Å²) in [6.07, 6.45) is 1.48. The molecule has 2 aromatic heterocycles. The van der Waals surface area contributed by atoms with Crippen molar-refractivity contribution >= 4 is 28.7 Å². The van der Waals surface area contributed by atoms with E-state index in [-0.39, 0.29) is 33.9 Å². The van der Waals surface area contributed by atoms with Crippen LogP contribution >= 0.6 is 11.6 Å². The summed E-state index contributed by atoms with van der Waals surface area (Å²) in [7, 11) is 0. The molecule has 9 heteroatoms. The lowest BCUT2D eigenvalue weighted by atomic mass is 9.88. The van der Waals surface area contributed by atoms with Gasteiger partial charge in [0.1, 0.15) is 22.8 Å². The number of carbonyl (C=O) groups is 1. The maximum atomic E-state index is 15.0. The van der Waals surface area contributed by atoms with Gasteiger partial charge >= 0.3 is 0 Å². The molecule has 6 nitrogen and oxygen atoms in total. The minimum atomic E-state index is -0.550. The van der Waals surface area contributed by atoms with Crippen molar-refractivity contribution in [1.29, 1.82) is 0 Å². The fourth-order valence-electron chi connectivity index (χ4n) is 4.62. The highest BCUT2D eigenvalue weighted by Crippen LogP contribution is 2.34. The number of fused-ring (bicyclic) bond motifs is 1. The van der Waals surface area contributed by atoms with Crippen LogP contribution in [0.2, 0.25) is 5.02 Å². The summed E-state index contributed by atoms with van der Waals surface area (Å²) in [5.41, 5.74) is 3.79. The van der Waals surface area contributed by atoms with Crippen LogP contribution < -0.4 is 0 Å². The van der Waals surface area contributed by atoms with Gasteiger partial charge in [0.25, 0.3) is 0 Å². The second kappa shape index (κ2) is 9.50. The molecule has 0 N–H and O–H groups in total.